The molecule has 1 aromatic carbocycles. The minimum Gasteiger partial charge on any atom is -0.385 e. The number of aromatic nitrogens is 3. The predicted molar refractivity (Wildman–Crippen MR) is 159 cm³/mol. The number of carbonyl (C=O) groups is 1. The smallest absolute Gasteiger partial charge is 0.251 e. The number of nitrogens with one attached hydrogen (secondary N) is 2. The van der Waals surface area contributed by atoms with E-state index in [4.69, 9.17) is 14.7 Å². The number of carbonyl (C=O) groups excluding carboxylic acids is 1. The van der Waals surface area contributed by atoms with Gasteiger partial charge in [0, 0.05) is 62.8 Å². The van der Waals surface area contributed by atoms with Crippen molar-refractivity contribution < 1.29 is 17.9 Å². The highest BCUT2D eigenvalue weighted by Gasteiger charge is 2.23. The molecule has 11 heteroatoms. The van der Waals surface area contributed by atoms with Crippen LogP contribution in [-0.2, 0) is 21.1 Å². The summed E-state index contributed by atoms with van der Waals surface area (Å²) in [5.74, 6) is 0.538. The molecule has 1 atom stereocenters. The predicted octanol–water partition coefficient (Wildman–Crippen LogP) is 3.15. The summed E-state index contributed by atoms with van der Waals surface area (Å²) in [6.07, 6.45) is 3.78. The van der Waals surface area contributed by atoms with Crippen LogP contribution in [0.1, 0.15) is 28.0 Å². The van der Waals surface area contributed by atoms with Crippen molar-refractivity contribution in [3.63, 3.8) is 0 Å². The molecule has 0 bridgehead atoms. The Hall–Kier alpha value is -3.93. The lowest BCUT2D eigenvalue weighted by atomic mass is 10.1. The number of fused-ring (bicyclic) bond motifs is 1. The largest absolute Gasteiger partial charge is 0.385 e. The van der Waals surface area contributed by atoms with Gasteiger partial charge in [0.15, 0.2) is 9.84 Å². The van der Waals surface area contributed by atoms with Gasteiger partial charge in [-0.05, 0) is 61.4 Å². The van der Waals surface area contributed by atoms with Gasteiger partial charge in [0.2, 0.25) is 0 Å². The molecule has 10 nitrogen and oxygen atoms in total. The van der Waals surface area contributed by atoms with E-state index in [1.54, 1.807) is 32.4 Å². The van der Waals surface area contributed by atoms with E-state index in [1.807, 2.05) is 36.4 Å². The van der Waals surface area contributed by atoms with Crippen molar-refractivity contribution in [2.75, 3.05) is 44.5 Å². The van der Waals surface area contributed by atoms with Crippen LogP contribution in [0.3, 0.4) is 0 Å². The lowest BCUT2D eigenvalue weighted by Crippen LogP contribution is -2.52. The van der Waals surface area contributed by atoms with E-state index in [0.29, 0.717) is 23.9 Å². The third-order valence-corrected chi connectivity index (χ3v) is 8.45. The molecule has 0 aliphatic carbocycles. The Bertz CT molecular complexity index is 1680. The van der Waals surface area contributed by atoms with Crippen molar-refractivity contribution >= 4 is 32.5 Å². The molecule has 1 amide bonds. The van der Waals surface area contributed by atoms with Gasteiger partial charge in [-0.2, -0.15) is 0 Å². The molecule has 0 radical (unpaired) electrons. The number of ether oxygens (including phenoxy) is 1. The molecule has 3 aromatic heterocycles. The number of sulfone groups is 1. The molecule has 4 heterocycles. The number of anilines is 1. The van der Waals surface area contributed by atoms with Gasteiger partial charge in [-0.15, -0.1) is 0 Å². The van der Waals surface area contributed by atoms with Crippen LogP contribution >= 0.6 is 0 Å². The SMILES string of the molecule is COCCC1CNCCN1c1cccc(-c2ccc3cnc(CNC(=O)c4ccc(C)c(S(C)(=O)=O)c4)cc3n2)n1. The maximum absolute atomic E-state index is 12.8. The second-order valence-corrected chi connectivity index (χ2v) is 12.2. The Labute approximate surface area is 240 Å². The standard InChI is InChI=1S/C30H34N6O4S/c1-20-7-8-21(15-28(20)41(3,38)39)30(37)33-18-23-16-27-22(17-32-23)9-10-26(34-27)25-5-4-6-29(35-25)36-13-12-31-19-24(36)11-14-40-2/h4-10,15-17,24,31H,11-14,18-19H2,1-3H3,(H,33,37). The normalized spacial score (nSPS) is 15.7. The second-order valence-electron chi connectivity index (χ2n) is 10.2. The lowest BCUT2D eigenvalue weighted by molar-refractivity contribution is 0.0950. The number of aryl methyl sites for hydroxylation is 1. The zero-order valence-electron chi connectivity index (χ0n) is 23.4. The summed E-state index contributed by atoms with van der Waals surface area (Å²) in [6, 6.07) is 16.7. The van der Waals surface area contributed by atoms with Gasteiger partial charge in [-0.3, -0.25) is 9.78 Å². The highest BCUT2D eigenvalue weighted by atomic mass is 32.2. The minimum absolute atomic E-state index is 0.144. The van der Waals surface area contributed by atoms with Crippen LogP contribution in [0.5, 0.6) is 0 Å². The number of piperazine rings is 1. The van der Waals surface area contributed by atoms with Crippen LogP contribution in [-0.4, -0.2) is 74.9 Å². The van der Waals surface area contributed by atoms with E-state index in [-0.39, 0.29) is 22.9 Å². The van der Waals surface area contributed by atoms with Crippen LogP contribution in [0, 0.1) is 6.92 Å². The highest BCUT2D eigenvalue weighted by Crippen LogP contribution is 2.24. The number of pyridine rings is 3. The highest BCUT2D eigenvalue weighted by molar-refractivity contribution is 7.90. The zero-order valence-corrected chi connectivity index (χ0v) is 24.2. The average Bonchev–Trinajstić information content (AvgIpc) is 2.98. The third kappa shape index (κ3) is 6.70. The van der Waals surface area contributed by atoms with E-state index < -0.39 is 9.84 Å². The number of hydrogen-bond donors (Lipinski definition) is 2. The van der Waals surface area contributed by atoms with Crippen LogP contribution in [0.25, 0.3) is 22.3 Å². The fraction of sp³-hybridized carbons (Fsp3) is 0.333. The number of rotatable bonds is 9. The quantitative estimate of drug-likeness (QED) is 0.310. The van der Waals surface area contributed by atoms with Crippen molar-refractivity contribution in [2.45, 2.75) is 30.8 Å². The van der Waals surface area contributed by atoms with Crippen LogP contribution in [0.4, 0.5) is 5.82 Å². The molecule has 5 rings (SSSR count). The van der Waals surface area contributed by atoms with Gasteiger partial charge < -0.3 is 20.3 Å². The first-order chi connectivity index (χ1) is 19.7. The molecule has 1 fully saturated rings. The molecule has 1 saturated heterocycles. The Morgan fingerprint density at radius 1 is 1.12 bits per heavy atom. The van der Waals surface area contributed by atoms with Crippen molar-refractivity contribution in [1.29, 1.82) is 0 Å². The summed E-state index contributed by atoms with van der Waals surface area (Å²) >= 11 is 0. The van der Waals surface area contributed by atoms with Crippen molar-refractivity contribution in [3.05, 3.63) is 77.6 Å². The first-order valence-electron chi connectivity index (χ1n) is 13.5. The van der Waals surface area contributed by atoms with Crippen molar-refractivity contribution in [3.8, 4) is 11.4 Å². The van der Waals surface area contributed by atoms with Gasteiger partial charge in [-0.25, -0.2) is 18.4 Å². The van der Waals surface area contributed by atoms with Crippen molar-refractivity contribution in [2.24, 2.45) is 0 Å². The summed E-state index contributed by atoms with van der Waals surface area (Å²) in [6.45, 7) is 5.22. The second kappa shape index (κ2) is 12.3. The first-order valence-corrected chi connectivity index (χ1v) is 15.4. The van der Waals surface area contributed by atoms with Gasteiger partial charge in [0.05, 0.1) is 34.0 Å². The van der Waals surface area contributed by atoms with E-state index >= 15 is 0 Å². The Kier molecular flexibility index (Phi) is 8.57. The summed E-state index contributed by atoms with van der Waals surface area (Å²) in [7, 11) is -1.72. The first kappa shape index (κ1) is 28.6. The van der Waals surface area contributed by atoms with Gasteiger partial charge in [0.1, 0.15) is 5.82 Å². The molecule has 0 spiro atoms. The van der Waals surface area contributed by atoms with Crippen LogP contribution in [0.2, 0.25) is 0 Å². The molecule has 1 unspecified atom stereocenters. The number of hydrogen-bond acceptors (Lipinski definition) is 9. The Morgan fingerprint density at radius 3 is 2.76 bits per heavy atom. The molecule has 0 saturated carbocycles. The molecular formula is C30H34N6O4S. The Balaban J connectivity index is 1.34. The molecule has 214 valence electrons. The monoisotopic (exact) mass is 574 g/mol. The molecule has 41 heavy (non-hydrogen) atoms. The van der Waals surface area contributed by atoms with E-state index in [0.717, 1.165) is 60.4 Å². The van der Waals surface area contributed by atoms with Crippen LogP contribution in [0.15, 0.2) is 65.7 Å². The third-order valence-electron chi connectivity index (χ3n) is 7.21. The fourth-order valence-corrected chi connectivity index (χ4v) is 6.01. The van der Waals surface area contributed by atoms with E-state index in [1.165, 1.54) is 6.07 Å². The van der Waals surface area contributed by atoms with Gasteiger partial charge >= 0.3 is 0 Å². The molecule has 1 aliphatic rings. The van der Waals surface area contributed by atoms with Gasteiger partial charge in [-0.1, -0.05) is 12.1 Å². The molecular weight excluding hydrogens is 540 g/mol. The maximum atomic E-state index is 12.8. The summed E-state index contributed by atoms with van der Waals surface area (Å²) in [4.78, 5) is 29.5. The molecule has 1 aliphatic heterocycles. The lowest BCUT2D eigenvalue weighted by Gasteiger charge is -2.37. The number of amides is 1. The van der Waals surface area contributed by atoms with E-state index in [9.17, 15) is 13.2 Å². The average molecular weight is 575 g/mol. The van der Waals surface area contributed by atoms with Crippen LogP contribution < -0.4 is 15.5 Å². The summed E-state index contributed by atoms with van der Waals surface area (Å²) in [5.41, 5.74) is 3.77. The van der Waals surface area contributed by atoms with Crippen molar-refractivity contribution in [1.82, 2.24) is 25.6 Å². The molecule has 2 N–H and O–H groups in total. The fourth-order valence-electron chi connectivity index (χ4n) is 5.01. The van der Waals surface area contributed by atoms with Gasteiger partial charge in [0.25, 0.3) is 5.91 Å². The minimum atomic E-state index is -3.44. The number of benzene rings is 1. The maximum Gasteiger partial charge on any atom is 0.251 e. The zero-order chi connectivity index (χ0) is 29.0. The Morgan fingerprint density at radius 2 is 1.95 bits per heavy atom. The molecule has 4 aromatic rings. The summed E-state index contributed by atoms with van der Waals surface area (Å²) < 4.78 is 29.4. The summed E-state index contributed by atoms with van der Waals surface area (Å²) in [5, 5.41) is 7.16. The number of methoxy groups -OCH3 is 1. The van der Waals surface area contributed by atoms with E-state index in [2.05, 4.69) is 20.5 Å². The number of nitrogens with zero attached hydrogens (tertiary/aromatic N) is 4. The topological polar surface area (TPSA) is 126 Å².